The van der Waals surface area contributed by atoms with Crippen LogP contribution in [0.25, 0.3) is 0 Å². The summed E-state index contributed by atoms with van der Waals surface area (Å²) in [7, 11) is 0. The number of hydrogen-bond donors (Lipinski definition) is 1. The molecular weight excluding hydrogens is 406 g/mol. The van der Waals surface area contributed by atoms with E-state index in [2.05, 4.69) is 16.0 Å². The number of aliphatic hydroxyl groups excluding tert-OH is 1. The molecule has 3 aliphatic rings. The number of fused-ring (bicyclic) bond motifs is 4. The van der Waals surface area contributed by atoms with Gasteiger partial charge in [-0.15, -0.1) is 0 Å². The number of ether oxygens (including phenoxy) is 2. The van der Waals surface area contributed by atoms with E-state index in [9.17, 15) is 9.90 Å². The van der Waals surface area contributed by atoms with Crippen molar-refractivity contribution in [2.45, 2.75) is 24.5 Å². The number of hydrogen-bond acceptors (Lipinski definition) is 6. The van der Waals surface area contributed by atoms with Crippen molar-refractivity contribution in [2.24, 2.45) is 0 Å². The fraction of sp³-hybridized carbons (Fsp3) is 0.280. The second-order valence-corrected chi connectivity index (χ2v) is 8.42. The molecule has 7 heteroatoms. The summed E-state index contributed by atoms with van der Waals surface area (Å²) in [5, 5.41) is 10.2. The van der Waals surface area contributed by atoms with Gasteiger partial charge in [-0.2, -0.15) is 0 Å². The maximum absolute atomic E-state index is 13.6. The Morgan fingerprint density at radius 2 is 1.97 bits per heavy atom. The van der Waals surface area contributed by atoms with Gasteiger partial charge in [0.25, 0.3) is 5.91 Å². The lowest BCUT2D eigenvalue weighted by molar-refractivity contribution is -0.0489. The molecule has 2 aromatic carbocycles. The first kappa shape index (κ1) is 19.3. The number of rotatable bonds is 4. The Kier molecular flexibility index (Phi) is 4.59. The van der Waals surface area contributed by atoms with Crippen LogP contribution in [0.5, 0.6) is 11.5 Å². The van der Waals surface area contributed by atoms with Crippen LogP contribution in [0.1, 0.15) is 27.4 Å². The third-order valence-corrected chi connectivity index (χ3v) is 6.78. The molecule has 1 aromatic heterocycles. The molecule has 0 spiro atoms. The predicted octanol–water partition coefficient (Wildman–Crippen LogP) is 2.80. The number of anilines is 1. The highest BCUT2D eigenvalue weighted by Gasteiger charge is 2.53. The molecule has 1 fully saturated rings. The fourth-order valence-corrected chi connectivity index (χ4v) is 5.28. The van der Waals surface area contributed by atoms with Crippen LogP contribution in [0.3, 0.4) is 0 Å². The largest absolute Gasteiger partial charge is 0.454 e. The summed E-state index contributed by atoms with van der Waals surface area (Å²) in [6, 6.07) is 17.5. The predicted molar refractivity (Wildman–Crippen MR) is 118 cm³/mol. The van der Waals surface area contributed by atoms with Gasteiger partial charge in [0.2, 0.25) is 6.79 Å². The van der Waals surface area contributed by atoms with Gasteiger partial charge in [0, 0.05) is 54.7 Å². The summed E-state index contributed by atoms with van der Waals surface area (Å²) in [5.74, 6) is 1.38. The molecule has 1 saturated heterocycles. The average molecular weight is 429 g/mol. The topological polar surface area (TPSA) is 75.1 Å². The first-order valence-corrected chi connectivity index (χ1v) is 10.8. The smallest absolute Gasteiger partial charge is 0.258 e. The molecule has 3 aromatic rings. The zero-order valence-electron chi connectivity index (χ0n) is 17.4. The van der Waals surface area contributed by atoms with Crippen LogP contribution in [0.2, 0.25) is 0 Å². The van der Waals surface area contributed by atoms with Gasteiger partial charge in [-0.05, 0) is 41.5 Å². The number of aliphatic hydroxyl groups is 1. The quantitative estimate of drug-likeness (QED) is 0.688. The first-order chi connectivity index (χ1) is 15.7. The van der Waals surface area contributed by atoms with Crippen molar-refractivity contribution in [3.8, 4) is 11.5 Å². The van der Waals surface area contributed by atoms with E-state index in [0.29, 0.717) is 30.2 Å². The molecule has 0 aliphatic carbocycles. The van der Waals surface area contributed by atoms with Crippen LogP contribution in [0, 0.1) is 0 Å². The zero-order valence-corrected chi connectivity index (χ0v) is 17.4. The second-order valence-electron chi connectivity index (χ2n) is 8.42. The Balaban J connectivity index is 1.34. The second kappa shape index (κ2) is 7.62. The molecule has 1 N–H and O–H groups in total. The summed E-state index contributed by atoms with van der Waals surface area (Å²) in [6.45, 7) is 1.50. The SMILES string of the molecule is O=C(c1ccc2c(c1)OCO2)N1C[C@H]2[C@@H](c3ccccc31)[C@H](CO)N2Cc1cccnc1. The van der Waals surface area contributed by atoms with Gasteiger partial charge >= 0.3 is 0 Å². The number of pyridine rings is 1. The minimum Gasteiger partial charge on any atom is -0.454 e. The Morgan fingerprint density at radius 3 is 2.81 bits per heavy atom. The molecule has 0 saturated carbocycles. The molecule has 0 radical (unpaired) electrons. The van der Waals surface area contributed by atoms with Gasteiger partial charge in [-0.3, -0.25) is 14.7 Å². The molecule has 32 heavy (non-hydrogen) atoms. The molecule has 0 bridgehead atoms. The summed E-state index contributed by atoms with van der Waals surface area (Å²) in [6.07, 6.45) is 3.61. The summed E-state index contributed by atoms with van der Waals surface area (Å²) in [5.41, 5.74) is 3.69. The highest BCUT2D eigenvalue weighted by atomic mass is 16.7. The van der Waals surface area contributed by atoms with Crippen molar-refractivity contribution in [3.63, 3.8) is 0 Å². The summed E-state index contributed by atoms with van der Waals surface area (Å²) in [4.78, 5) is 22.0. The third-order valence-electron chi connectivity index (χ3n) is 6.78. The van der Waals surface area contributed by atoms with E-state index < -0.39 is 0 Å². The highest BCUT2D eigenvalue weighted by Crippen LogP contribution is 2.49. The van der Waals surface area contributed by atoms with E-state index >= 15 is 0 Å². The van der Waals surface area contributed by atoms with Crippen LogP contribution in [0.4, 0.5) is 5.69 Å². The maximum Gasteiger partial charge on any atom is 0.258 e. The van der Waals surface area contributed by atoms with Crippen molar-refractivity contribution in [1.29, 1.82) is 0 Å². The van der Waals surface area contributed by atoms with Crippen LogP contribution in [-0.4, -0.2) is 52.9 Å². The molecule has 6 rings (SSSR count). The fourth-order valence-electron chi connectivity index (χ4n) is 5.28. The molecule has 7 nitrogen and oxygen atoms in total. The Morgan fingerprint density at radius 1 is 1.09 bits per heavy atom. The van der Waals surface area contributed by atoms with Crippen molar-refractivity contribution in [1.82, 2.24) is 9.88 Å². The standard InChI is InChI=1S/C25H23N3O4/c29-14-21-24-18-5-1-2-6-19(18)28(13-20(24)27(21)12-16-4-3-9-26-11-16)25(30)17-7-8-22-23(10-17)32-15-31-22/h1-11,20-21,24,29H,12-15H2/t20-,21-,24+/m0/s1. The summed E-state index contributed by atoms with van der Waals surface area (Å²) >= 11 is 0. The first-order valence-electron chi connectivity index (χ1n) is 10.8. The number of benzene rings is 2. The van der Waals surface area contributed by atoms with Crippen LogP contribution < -0.4 is 14.4 Å². The Bertz CT molecular complexity index is 1170. The van der Waals surface area contributed by atoms with Crippen LogP contribution >= 0.6 is 0 Å². The van der Waals surface area contributed by atoms with E-state index in [-0.39, 0.29) is 37.3 Å². The summed E-state index contributed by atoms with van der Waals surface area (Å²) < 4.78 is 10.9. The van der Waals surface area contributed by atoms with Gasteiger partial charge in [0.15, 0.2) is 11.5 Å². The lowest BCUT2D eigenvalue weighted by Gasteiger charge is -2.59. The van der Waals surface area contributed by atoms with Gasteiger partial charge < -0.3 is 19.5 Å². The molecule has 4 heterocycles. The minimum atomic E-state index is -0.0667. The van der Waals surface area contributed by atoms with Crippen LogP contribution in [0.15, 0.2) is 67.0 Å². The van der Waals surface area contributed by atoms with Crippen molar-refractivity contribution >= 4 is 11.6 Å². The molecule has 1 amide bonds. The normalized spacial score (nSPS) is 23.3. The third kappa shape index (κ3) is 2.97. The van der Waals surface area contributed by atoms with Crippen LogP contribution in [-0.2, 0) is 6.54 Å². The minimum absolute atomic E-state index is 0.0177. The number of carbonyl (C=O) groups is 1. The number of aromatic nitrogens is 1. The monoisotopic (exact) mass is 429 g/mol. The maximum atomic E-state index is 13.6. The lowest BCUT2D eigenvalue weighted by Crippen LogP contribution is -2.68. The van der Waals surface area contributed by atoms with E-state index in [0.717, 1.165) is 16.8 Å². The number of likely N-dealkylation sites (tertiary alicyclic amines) is 1. The molecule has 0 unspecified atom stereocenters. The van der Waals surface area contributed by atoms with Gasteiger partial charge in [0.1, 0.15) is 0 Å². The van der Waals surface area contributed by atoms with E-state index in [1.54, 1.807) is 24.4 Å². The van der Waals surface area contributed by atoms with E-state index in [1.807, 2.05) is 41.4 Å². The van der Waals surface area contributed by atoms with E-state index in [1.165, 1.54) is 0 Å². The Hall–Kier alpha value is -3.42. The van der Waals surface area contributed by atoms with Crippen molar-refractivity contribution < 1.29 is 19.4 Å². The molecule has 3 aliphatic heterocycles. The van der Waals surface area contributed by atoms with Crippen molar-refractivity contribution in [2.75, 3.05) is 24.8 Å². The molecular formula is C25H23N3O4. The number of amides is 1. The van der Waals surface area contributed by atoms with Crippen molar-refractivity contribution in [3.05, 3.63) is 83.7 Å². The van der Waals surface area contributed by atoms with Gasteiger partial charge in [-0.25, -0.2) is 0 Å². The zero-order chi connectivity index (χ0) is 21.7. The van der Waals surface area contributed by atoms with Gasteiger partial charge in [-0.1, -0.05) is 24.3 Å². The Labute approximate surface area is 185 Å². The van der Waals surface area contributed by atoms with E-state index in [4.69, 9.17) is 9.47 Å². The molecule has 162 valence electrons. The van der Waals surface area contributed by atoms with Gasteiger partial charge in [0.05, 0.1) is 6.61 Å². The highest BCUT2D eigenvalue weighted by molar-refractivity contribution is 6.07. The number of nitrogens with zero attached hydrogens (tertiary/aromatic N) is 3. The number of para-hydroxylation sites is 1. The average Bonchev–Trinajstić information content (AvgIpc) is 3.31. The number of carbonyl (C=O) groups excluding carboxylic acids is 1. The lowest BCUT2D eigenvalue weighted by atomic mass is 9.71. The molecule has 3 atom stereocenters.